The highest BCUT2D eigenvalue weighted by atomic mass is 79.9. The van der Waals surface area contributed by atoms with Crippen molar-refractivity contribution >= 4 is 37.5 Å². The van der Waals surface area contributed by atoms with Gasteiger partial charge in [0.05, 0.1) is 17.1 Å². The Labute approximate surface area is 174 Å². The first kappa shape index (κ1) is 21.0. The van der Waals surface area contributed by atoms with Gasteiger partial charge in [0.1, 0.15) is 0 Å². The number of nitrogens with zero attached hydrogens (tertiary/aromatic N) is 1. The maximum atomic E-state index is 13.0. The Kier molecular flexibility index (Phi) is 6.24. The first-order chi connectivity index (χ1) is 13.2. The lowest BCUT2D eigenvalue weighted by Crippen LogP contribution is -2.48. The van der Waals surface area contributed by atoms with Crippen LogP contribution in [-0.2, 0) is 14.8 Å². The van der Waals surface area contributed by atoms with Gasteiger partial charge in [0, 0.05) is 28.8 Å². The third kappa shape index (κ3) is 4.63. The molecular formula is C20H23BrN2O4S. The lowest BCUT2D eigenvalue weighted by Gasteiger charge is -2.34. The Balaban J connectivity index is 1.83. The summed E-state index contributed by atoms with van der Waals surface area (Å²) in [6.07, 6.45) is -0.351. The summed E-state index contributed by atoms with van der Waals surface area (Å²) in [5, 5.41) is 2.81. The quantitative estimate of drug-likeness (QED) is 0.742. The van der Waals surface area contributed by atoms with Crippen LogP contribution in [0.15, 0.2) is 51.8 Å². The molecule has 2 atom stereocenters. The van der Waals surface area contributed by atoms with Gasteiger partial charge < -0.3 is 10.1 Å². The Morgan fingerprint density at radius 2 is 1.82 bits per heavy atom. The van der Waals surface area contributed by atoms with Crippen molar-refractivity contribution in [2.75, 3.05) is 18.4 Å². The number of ether oxygens (including phenoxy) is 1. The molecule has 1 aliphatic rings. The number of aryl methyl sites for hydroxylation is 1. The van der Waals surface area contributed by atoms with Gasteiger partial charge >= 0.3 is 0 Å². The Morgan fingerprint density at radius 1 is 1.14 bits per heavy atom. The summed E-state index contributed by atoms with van der Waals surface area (Å²) in [5.41, 5.74) is 1.93. The highest BCUT2D eigenvalue weighted by Gasteiger charge is 2.32. The summed E-state index contributed by atoms with van der Waals surface area (Å²) in [6, 6.07) is 11.6. The van der Waals surface area contributed by atoms with Crippen molar-refractivity contribution in [1.82, 2.24) is 4.31 Å². The number of benzene rings is 2. The summed E-state index contributed by atoms with van der Waals surface area (Å²) in [5.74, 6) is -0.359. The van der Waals surface area contributed by atoms with Gasteiger partial charge in [-0.25, -0.2) is 8.42 Å². The van der Waals surface area contributed by atoms with Crippen LogP contribution in [0.2, 0.25) is 0 Å². The number of carbonyl (C=O) groups is 1. The van der Waals surface area contributed by atoms with Crippen LogP contribution in [0.4, 0.5) is 5.69 Å². The van der Waals surface area contributed by atoms with Gasteiger partial charge in [0.25, 0.3) is 5.91 Å². The van der Waals surface area contributed by atoms with Crippen LogP contribution >= 0.6 is 15.9 Å². The number of carbonyl (C=O) groups excluding carboxylic acids is 1. The monoisotopic (exact) mass is 466 g/mol. The smallest absolute Gasteiger partial charge is 0.255 e. The lowest BCUT2D eigenvalue weighted by atomic mass is 10.2. The molecule has 3 rings (SSSR count). The molecule has 1 heterocycles. The van der Waals surface area contributed by atoms with Crippen LogP contribution in [0.5, 0.6) is 0 Å². The van der Waals surface area contributed by atoms with Crippen LogP contribution in [0, 0.1) is 6.92 Å². The molecule has 0 saturated carbocycles. The second-order valence-electron chi connectivity index (χ2n) is 7.03. The highest BCUT2D eigenvalue weighted by molar-refractivity contribution is 9.10. The summed E-state index contributed by atoms with van der Waals surface area (Å²) >= 11 is 3.43. The summed E-state index contributed by atoms with van der Waals surface area (Å²) in [7, 11) is -3.70. The fourth-order valence-corrected chi connectivity index (χ4v) is 5.08. The predicted octanol–water partition coefficient (Wildman–Crippen LogP) is 3.81. The SMILES string of the molecule is Cc1cc(NC(=O)c2cccc(S(=O)(=O)N3C[C@@H](C)O[C@@H](C)C3)c2)ccc1Br. The molecule has 0 spiro atoms. The van der Waals surface area contributed by atoms with E-state index in [1.165, 1.54) is 16.4 Å². The molecule has 1 N–H and O–H groups in total. The fourth-order valence-electron chi connectivity index (χ4n) is 3.20. The van der Waals surface area contributed by atoms with E-state index in [4.69, 9.17) is 4.74 Å². The second kappa shape index (κ2) is 8.32. The van der Waals surface area contributed by atoms with Crippen LogP contribution in [-0.4, -0.2) is 43.9 Å². The van der Waals surface area contributed by atoms with Gasteiger partial charge in [-0.05, 0) is 62.7 Å². The van der Waals surface area contributed by atoms with E-state index in [9.17, 15) is 13.2 Å². The Hall–Kier alpha value is -1.74. The van der Waals surface area contributed by atoms with Crippen LogP contribution in [0.25, 0.3) is 0 Å². The minimum absolute atomic E-state index is 0.105. The van der Waals surface area contributed by atoms with E-state index in [1.807, 2.05) is 32.9 Å². The zero-order chi connectivity index (χ0) is 20.5. The normalized spacial score (nSPS) is 20.7. The van der Waals surface area contributed by atoms with Crippen molar-refractivity contribution in [3.05, 3.63) is 58.1 Å². The van der Waals surface area contributed by atoms with Gasteiger partial charge in [0.2, 0.25) is 10.0 Å². The van der Waals surface area contributed by atoms with E-state index in [1.54, 1.807) is 18.2 Å². The maximum Gasteiger partial charge on any atom is 0.255 e. The van der Waals surface area contributed by atoms with Crippen LogP contribution in [0.1, 0.15) is 29.8 Å². The number of anilines is 1. The van der Waals surface area contributed by atoms with Gasteiger partial charge in [-0.15, -0.1) is 0 Å². The van der Waals surface area contributed by atoms with E-state index < -0.39 is 10.0 Å². The molecule has 0 bridgehead atoms. The number of nitrogens with one attached hydrogen (secondary N) is 1. The molecular weight excluding hydrogens is 444 g/mol. The first-order valence-electron chi connectivity index (χ1n) is 9.00. The molecule has 1 saturated heterocycles. The lowest BCUT2D eigenvalue weighted by molar-refractivity contribution is -0.0440. The number of sulfonamides is 1. The average Bonchev–Trinajstić information content (AvgIpc) is 2.64. The minimum Gasteiger partial charge on any atom is -0.373 e. The standard InChI is InChI=1S/C20H23BrN2O4S/c1-13-9-17(7-8-19(13)21)22-20(24)16-5-4-6-18(10-16)28(25,26)23-11-14(2)27-15(3)12-23/h4-10,14-15H,11-12H2,1-3H3,(H,22,24)/t14-,15+. The third-order valence-electron chi connectivity index (χ3n) is 4.54. The number of rotatable bonds is 4. The van der Waals surface area contributed by atoms with E-state index in [2.05, 4.69) is 21.2 Å². The van der Waals surface area contributed by atoms with Crippen molar-refractivity contribution in [1.29, 1.82) is 0 Å². The molecule has 2 aromatic carbocycles. The molecule has 1 amide bonds. The van der Waals surface area contributed by atoms with Gasteiger partial charge in [-0.1, -0.05) is 22.0 Å². The van der Waals surface area contributed by atoms with Gasteiger partial charge in [-0.2, -0.15) is 4.31 Å². The first-order valence-corrected chi connectivity index (χ1v) is 11.2. The van der Waals surface area contributed by atoms with Crippen molar-refractivity contribution in [2.24, 2.45) is 0 Å². The molecule has 1 fully saturated rings. The topological polar surface area (TPSA) is 75.7 Å². The minimum atomic E-state index is -3.70. The van der Waals surface area contributed by atoms with Crippen LogP contribution in [0.3, 0.4) is 0 Å². The molecule has 1 aliphatic heterocycles. The number of hydrogen-bond acceptors (Lipinski definition) is 4. The summed E-state index contributed by atoms with van der Waals surface area (Å²) in [6.45, 7) is 6.21. The number of amides is 1. The zero-order valence-electron chi connectivity index (χ0n) is 16.0. The molecule has 28 heavy (non-hydrogen) atoms. The van der Waals surface area contributed by atoms with Crippen molar-refractivity contribution in [3.8, 4) is 0 Å². The predicted molar refractivity (Wildman–Crippen MR) is 112 cm³/mol. The Bertz CT molecular complexity index is 983. The van der Waals surface area contributed by atoms with Gasteiger partial charge in [-0.3, -0.25) is 4.79 Å². The average molecular weight is 467 g/mol. The van der Waals surface area contributed by atoms with E-state index in [0.717, 1.165) is 10.0 Å². The van der Waals surface area contributed by atoms with Crippen molar-refractivity contribution in [2.45, 2.75) is 37.9 Å². The third-order valence-corrected chi connectivity index (χ3v) is 7.25. The van der Waals surface area contributed by atoms with E-state index in [-0.39, 0.29) is 28.6 Å². The fraction of sp³-hybridized carbons (Fsp3) is 0.350. The molecule has 0 aromatic heterocycles. The summed E-state index contributed by atoms with van der Waals surface area (Å²) in [4.78, 5) is 12.7. The maximum absolute atomic E-state index is 13.0. The second-order valence-corrected chi connectivity index (χ2v) is 9.82. The molecule has 150 valence electrons. The van der Waals surface area contributed by atoms with Crippen LogP contribution < -0.4 is 5.32 Å². The molecule has 0 radical (unpaired) electrons. The van der Waals surface area contributed by atoms with E-state index in [0.29, 0.717) is 18.8 Å². The molecule has 0 aliphatic carbocycles. The molecule has 2 aromatic rings. The largest absolute Gasteiger partial charge is 0.373 e. The van der Waals surface area contributed by atoms with Crippen molar-refractivity contribution in [3.63, 3.8) is 0 Å². The molecule has 8 heteroatoms. The number of morpholine rings is 1. The number of halogens is 1. The van der Waals surface area contributed by atoms with Crippen molar-refractivity contribution < 1.29 is 17.9 Å². The summed E-state index contributed by atoms with van der Waals surface area (Å²) < 4.78 is 34.0. The Morgan fingerprint density at radius 3 is 2.46 bits per heavy atom. The highest BCUT2D eigenvalue weighted by Crippen LogP contribution is 2.23. The zero-order valence-corrected chi connectivity index (χ0v) is 18.4. The van der Waals surface area contributed by atoms with E-state index >= 15 is 0 Å². The molecule has 6 nitrogen and oxygen atoms in total. The van der Waals surface area contributed by atoms with Gasteiger partial charge in [0.15, 0.2) is 0 Å². The molecule has 0 unspecified atom stereocenters. The number of hydrogen-bond donors (Lipinski definition) is 1.